The Morgan fingerprint density at radius 1 is 1.25 bits per heavy atom. The van der Waals surface area contributed by atoms with E-state index in [1.807, 2.05) is 24.3 Å². The van der Waals surface area contributed by atoms with Crippen LogP contribution in [0, 0.1) is 17.2 Å². The van der Waals surface area contributed by atoms with E-state index in [-0.39, 0.29) is 0 Å². The molecule has 0 aliphatic heterocycles. The molecule has 1 fully saturated rings. The molecule has 0 radical (unpaired) electrons. The van der Waals surface area contributed by atoms with Gasteiger partial charge in [0, 0.05) is 19.3 Å². The molecule has 0 N–H and O–H groups in total. The molecule has 0 saturated heterocycles. The van der Waals surface area contributed by atoms with E-state index < -0.39 is 0 Å². The summed E-state index contributed by atoms with van der Waals surface area (Å²) in [4.78, 5) is 2.30. The number of hydrogen-bond donors (Lipinski definition) is 0. The van der Waals surface area contributed by atoms with Gasteiger partial charge in [0.05, 0.1) is 11.6 Å². The van der Waals surface area contributed by atoms with Crippen LogP contribution < -0.4 is 4.90 Å². The zero-order valence-electron chi connectivity index (χ0n) is 9.82. The quantitative estimate of drug-likeness (QED) is 0.772. The van der Waals surface area contributed by atoms with Gasteiger partial charge in [-0.25, -0.2) is 0 Å². The SMILES string of the molecule is CN(CC1CCCC1)c1ccc(C#N)cc1. The first-order valence-corrected chi connectivity index (χ1v) is 6.01. The van der Waals surface area contributed by atoms with Gasteiger partial charge in [-0.1, -0.05) is 12.8 Å². The van der Waals surface area contributed by atoms with Crippen molar-refractivity contribution in [1.82, 2.24) is 0 Å². The van der Waals surface area contributed by atoms with Crippen molar-refractivity contribution >= 4 is 5.69 Å². The van der Waals surface area contributed by atoms with Crippen molar-refractivity contribution in [2.24, 2.45) is 5.92 Å². The van der Waals surface area contributed by atoms with Crippen LogP contribution in [-0.2, 0) is 0 Å². The van der Waals surface area contributed by atoms with Crippen molar-refractivity contribution in [3.8, 4) is 6.07 Å². The minimum Gasteiger partial charge on any atom is -0.374 e. The number of benzene rings is 1. The van der Waals surface area contributed by atoms with E-state index in [9.17, 15) is 0 Å². The number of anilines is 1. The average molecular weight is 214 g/mol. The van der Waals surface area contributed by atoms with E-state index in [2.05, 4.69) is 18.0 Å². The normalized spacial score (nSPS) is 16.0. The van der Waals surface area contributed by atoms with E-state index in [0.717, 1.165) is 18.0 Å². The monoisotopic (exact) mass is 214 g/mol. The largest absolute Gasteiger partial charge is 0.374 e. The smallest absolute Gasteiger partial charge is 0.0991 e. The second-order valence-corrected chi connectivity index (χ2v) is 4.69. The third kappa shape index (κ3) is 2.55. The highest BCUT2D eigenvalue weighted by Crippen LogP contribution is 2.26. The lowest BCUT2D eigenvalue weighted by molar-refractivity contribution is 0.547. The van der Waals surface area contributed by atoms with Gasteiger partial charge in [0.1, 0.15) is 0 Å². The highest BCUT2D eigenvalue weighted by Gasteiger charge is 2.16. The topological polar surface area (TPSA) is 27.0 Å². The maximum atomic E-state index is 8.73. The van der Waals surface area contributed by atoms with Crippen LogP contribution in [-0.4, -0.2) is 13.6 Å². The van der Waals surface area contributed by atoms with Gasteiger partial charge in [-0.15, -0.1) is 0 Å². The lowest BCUT2D eigenvalue weighted by Gasteiger charge is -2.23. The second-order valence-electron chi connectivity index (χ2n) is 4.69. The van der Waals surface area contributed by atoms with Crippen LogP contribution in [0.2, 0.25) is 0 Å². The Balaban J connectivity index is 1.97. The first-order chi connectivity index (χ1) is 7.79. The van der Waals surface area contributed by atoms with Crippen LogP contribution in [0.5, 0.6) is 0 Å². The van der Waals surface area contributed by atoms with Gasteiger partial charge in [0.25, 0.3) is 0 Å². The summed E-state index contributed by atoms with van der Waals surface area (Å²) in [6.07, 6.45) is 5.54. The zero-order valence-corrected chi connectivity index (χ0v) is 9.82. The molecule has 16 heavy (non-hydrogen) atoms. The lowest BCUT2D eigenvalue weighted by Crippen LogP contribution is -2.23. The van der Waals surface area contributed by atoms with Gasteiger partial charge >= 0.3 is 0 Å². The van der Waals surface area contributed by atoms with Crippen molar-refractivity contribution < 1.29 is 0 Å². The van der Waals surface area contributed by atoms with Crippen LogP contribution in [0.4, 0.5) is 5.69 Å². The van der Waals surface area contributed by atoms with E-state index in [1.54, 1.807) is 0 Å². The molecule has 0 aromatic heterocycles. The van der Waals surface area contributed by atoms with Crippen molar-refractivity contribution in [2.75, 3.05) is 18.5 Å². The molecule has 0 bridgehead atoms. The van der Waals surface area contributed by atoms with Gasteiger partial charge in [0.15, 0.2) is 0 Å². The fourth-order valence-electron chi connectivity index (χ4n) is 2.48. The minimum atomic E-state index is 0.734. The van der Waals surface area contributed by atoms with Gasteiger partial charge in [-0.2, -0.15) is 5.26 Å². The molecular weight excluding hydrogens is 196 g/mol. The van der Waals surface area contributed by atoms with E-state index in [1.165, 1.54) is 31.4 Å². The van der Waals surface area contributed by atoms with Crippen LogP contribution in [0.15, 0.2) is 24.3 Å². The Labute approximate surface area is 97.5 Å². The summed E-state index contributed by atoms with van der Waals surface area (Å²) in [5.74, 6) is 0.862. The Bertz CT molecular complexity index is 369. The van der Waals surface area contributed by atoms with Gasteiger partial charge in [-0.3, -0.25) is 0 Å². The van der Waals surface area contributed by atoms with Crippen LogP contribution >= 0.6 is 0 Å². The predicted octanol–water partition coefficient (Wildman–Crippen LogP) is 3.18. The number of nitriles is 1. The molecule has 1 aliphatic rings. The molecule has 1 aromatic carbocycles. The molecule has 2 rings (SSSR count). The fraction of sp³-hybridized carbons (Fsp3) is 0.500. The summed E-state index contributed by atoms with van der Waals surface area (Å²) in [6, 6.07) is 10.00. The first-order valence-electron chi connectivity index (χ1n) is 6.01. The predicted molar refractivity (Wildman–Crippen MR) is 66.4 cm³/mol. The van der Waals surface area contributed by atoms with Crippen molar-refractivity contribution in [3.63, 3.8) is 0 Å². The molecule has 84 valence electrons. The van der Waals surface area contributed by atoms with E-state index in [0.29, 0.717) is 0 Å². The maximum Gasteiger partial charge on any atom is 0.0991 e. The minimum absolute atomic E-state index is 0.734. The van der Waals surface area contributed by atoms with Crippen molar-refractivity contribution in [2.45, 2.75) is 25.7 Å². The fourth-order valence-corrected chi connectivity index (χ4v) is 2.48. The molecule has 1 aromatic rings. The van der Waals surface area contributed by atoms with Crippen LogP contribution in [0.25, 0.3) is 0 Å². The molecule has 1 aliphatic carbocycles. The standard InChI is InChI=1S/C14H18N2/c1-16(11-13-4-2-3-5-13)14-8-6-12(10-15)7-9-14/h6-9,13H,2-5,11H2,1H3. The second kappa shape index (κ2) is 5.03. The number of nitrogens with zero attached hydrogens (tertiary/aromatic N) is 2. The third-order valence-corrected chi connectivity index (χ3v) is 3.44. The Morgan fingerprint density at radius 3 is 2.44 bits per heavy atom. The number of hydrogen-bond acceptors (Lipinski definition) is 2. The summed E-state index contributed by atoms with van der Waals surface area (Å²) >= 11 is 0. The molecule has 2 heteroatoms. The van der Waals surface area contributed by atoms with Gasteiger partial charge in [0.2, 0.25) is 0 Å². The third-order valence-electron chi connectivity index (χ3n) is 3.44. The Kier molecular flexibility index (Phi) is 3.46. The summed E-state index contributed by atoms with van der Waals surface area (Å²) in [5.41, 5.74) is 1.95. The molecule has 1 saturated carbocycles. The average Bonchev–Trinajstić information content (AvgIpc) is 2.82. The van der Waals surface area contributed by atoms with Crippen molar-refractivity contribution in [1.29, 1.82) is 5.26 Å². The molecule has 2 nitrogen and oxygen atoms in total. The Morgan fingerprint density at radius 2 is 1.88 bits per heavy atom. The molecule has 0 unspecified atom stereocenters. The van der Waals surface area contributed by atoms with Crippen LogP contribution in [0.3, 0.4) is 0 Å². The van der Waals surface area contributed by atoms with Gasteiger partial charge in [-0.05, 0) is 43.0 Å². The molecule has 0 atom stereocenters. The van der Waals surface area contributed by atoms with E-state index in [4.69, 9.17) is 5.26 Å². The highest BCUT2D eigenvalue weighted by molar-refractivity contribution is 5.49. The van der Waals surface area contributed by atoms with Crippen molar-refractivity contribution in [3.05, 3.63) is 29.8 Å². The van der Waals surface area contributed by atoms with Gasteiger partial charge < -0.3 is 4.90 Å². The summed E-state index contributed by atoms with van der Waals surface area (Å²) in [6.45, 7) is 1.14. The Hall–Kier alpha value is -1.49. The molecule has 0 heterocycles. The molecular formula is C14H18N2. The maximum absolute atomic E-state index is 8.73. The first kappa shape index (κ1) is 11.0. The molecule has 0 spiro atoms. The van der Waals surface area contributed by atoms with E-state index >= 15 is 0 Å². The number of rotatable bonds is 3. The highest BCUT2D eigenvalue weighted by atomic mass is 15.1. The summed E-state index contributed by atoms with van der Waals surface area (Å²) in [5, 5.41) is 8.73. The lowest BCUT2D eigenvalue weighted by atomic mass is 10.1. The summed E-state index contributed by atoms with van der Waals surface area (Å²) < 4.78 is 0. The zero-order chi connectivity index (χ0) is 11.4. The molecule has 0 amide bonds. The summed E-state index contributed by atoms with van der Waals surface area (Å²) in [7, 11) is 2.14. The van der Waals surface area contributed by atoms with Crippen LogP contribution in [0.1, 0.15) is 31.2 Å².